The Morgan fingerprint density at radius 2 is 1.40 bits per heavy atom. The van der Waals surface area contributed by atoms with Crippen molar-refractivity contribution in [3.05, 3.63) is 120 Å². The number of methoxy groups -OCH3 is 1. The van der Waals surface area contributed by atoms with Gasteiger partial charge in [-0.25, -0.2) is 9.80 Å². The molecule has 1 heterocycles. The molecule has 0 aliphatic carbocycles. The van der Waals surface area contributed by atoms with Crippen LogP contribution in [0.2, 0.25) is 0 Å². The molecule has 0 unspecified atom stereocenters. The van der Waals surface area contributed by atoms with Crippen LogP contribution >= 0.6 is 0 Å². The minimum Gasteiger partial charge on any atom is -0.497 e. The monoisotopic (exact) mass is 537 g/mol. The van der Waals surface area contributed by atoms with Crippen molar-refractivity contribution >= 4 is 23.1 Å². The molecule has 206 valence electrons. The molecule has 1 aliphatic heterocycles. The molecule has 0 radical (unpaired) electrons. The summed E-state index contributed by atoms with van der Waals surface area (Å²) >= 11 is 0. The predicted molar refractivity (Wildman–Crippen MR) is 158 cm³/mol. The normalized spacial score (nSPS) is 17.6. The van der Waals surface area contributed by atoms with Crippen molar-refractivity contribution in [2.45, 2.75) is 31.7 Å². The van der Waals surface area contributed by atoms with Crippen LogP contribution in [-0.4, -0.2) is 46.8 Å². The van der Waals surface area contributed by atoms with Gasteiger partial charge in [-0.3, -0.25) is 5.01 Å². The van der Waals surface area contributed by atoms with Crippen LogP contribution in [0.3, 0.4) is 0 Å². The summed E-state index contributed by atoms with van der Waals surface area (Å²) in [6, 6.07) is 31.7. The SMILES string of the molecule is COc1ccc(N2C[C@@H](O)[C@@H](Cc3ccccc3)N(Cc3cccc(N)c3)C(=O)N2Cc2cccc(N)c2)cc1. The summed E-state index contributed by atoms with van der Waals surface area (Å²) in [6.45, 7) is 0.780. The summed E-state index contributed by atoms with van der Waals surface area (Å²) in [4.78, 5) is 16.4. The van der Waals surface area contributed by atoms with Crippen molar-refractivity contribution in [1.29, 1.82) is 0 Å². The van der Waals surface area contributed by atoms with Crippen molar-refractivity contribution in [2.24, 2.45) is 0 Å². The number of carbonyl (C=O) groups excluding carboxylic acids is 1. The van der Waals surface area contributed by atoms with Crippen molar-refractivity contribution in [3.63, 3.8) is 0 Å². The third-order valence-corrected chi connectivity index (χ3v) is 7.21. The fourth-order valence-corrected chi connectivity index (χ4v) is 5.19. The highest BCUT2D eigenvalue weighted by Gasteiger charge is 2.40. The fourth-order valence-electron chi connectivity index (χ4n) is 5.19. The van der Waals surface area contributed by atoms with Crippen LogP contribution in [0.25, 0.3) is 0 Å². The van der Waals surface area contributed by atoms with Crippen LogP contribution < -0.4 is 21.2 Å². The van der Waals surface area contributed by atoms with Gasteiger partial charge in [0, 0.05) is 17.9 Å². The van der Waals surface area contributed by atoms with Gasteiger partial charge in [-0.15, -0.1) is 0 Å². The van der Waals surface area contributed by atoms with Gasteiger partial charge in [0.2, 0.25) is 0 Å². The summed E-state index contributed by atoms with van der Waals surface area (Å²) in [7, 11) is 1.61. The molecule has 1 saturated heterocycles. The molecule has 5 N–H and O–H groups in total. The number of hydrogen-bond donors (Lipinski definition) is 3. The lowest BCUT2D eigenvalue weighted by Crippen LogP contribution is -2.51. The highest BCUT2D eigenvalue weighted by Crippen LogP contribution is 2.30. The molecule has 0 saturated carbocycles. The zero-order valence-electron chi connectivity index (χ0n) is 22.6. The van der Waals surface area contributed by atoms with Gasteiger partial charge >= 0.3 is 6.03 Å². The number of carbonyl (C=O) groups is 1. The standard InChI is InChI=1S/C32H35N5O3/c1-40-29-15-13-28(14-16-29)36-22-31(38)30(19-23-7-3-2-4-8-23)35(20-24-9-5-11-26(33)17-24)32(39)37(36)21-25-10-6-12-27(34)18-25/h2-18,30-31,38H,19-22,33-34H2,1H3/t30-,31-/m1/s1. The number of rotatable bonds is 8. The van der Waals surface area contributed by atoms with Gasteiger partial charge in [0.05, 0.1) is 38.0 Å². The van der Waals surface area contributed by atoms with Gasteiger partial charge in [-0.2, -0.15) is 0 Å². The molecule has 5 rings (SSSR count). The summed E-state index contributed by atoms with van der Waals surface area (Å²) in [6.07, 6.45) is -0.350. The van der Waals surface area contributed by atoms with E-state index in [-0.39, 0.29) is 19.1 Å². The number of nitrogen functional groups attached to an aromatic ring is 2. The molecule has 2 atom stereocenters. The zero-order valence-corrected chi connectivity index (χ0v) is 22.6. The summed E-state index contributed by atoms with van der Waals surface area (Å²) in [5.74, 6) is 0.707. The minimum atomic E-state index is -0.849. The number of hydrogen-bond acceptors (Lipinski definition) is 6. The second kappa shape index (κ2) is 12.0. The molecular formula is C32H35N5O3. The van der Waals surface area contributed by atoms with Crippen molar-refractivity contribution in [3.8, 4) is 5.75 Å². The Labute approximate surface area is 235 Å². The Hall–Kier alpha value is -4.69. The fraction of sp³-hybridized carbons (Fsp3) is 0.219. The van der Waals surface area contributed by atoms with Crippen molar-refractivity contribution in [2.75, 3.05) is 30.1 Å². The first kappa shape index (κ1) is 26.9. The number of nitrogens with two attached hydrogens (primary N) is 2. The molecule has 1 fully saturated rings. The van der Waals surface area contributed by atoms with E-state index in [1.165, 1.54) is 0 Å². The number of urea groups is 1. The van der Waals surface area contributed by atoms with E-state index >= 15 is 0 Å². The second-order valence-electron chi connectivity index (χ2n) is 10.1. The van der Waals surface area contributed by atoms with Crippen molar-refractivity contribution in [1.82, 2.24) is 9.91 Å². The van der Waals surface area contributed by atoms with E-state index in [0.717, 1.165) is 22.4 Å². The average Bonchev–Trinajstić information content (AvgIpc) is 3.05. The van der Waals surface area contributed by atoms with Gasteiger partial charge in [-0.05, 0) is 71.6 Å². The molecule has 1 aliphatic rings. The van der Waals surface area contributed by atoms with Gasteiger partial charge in [-0.1, -0.05) is 54.6 Å². The van der Waals surface area contributed by atoms with E-state index in [4.69, 9.17) is 16.2 Å². The number of hydrazine groups is 1. The molecule has 0 bridgehead atoms. The van der Waals surface area contributed by atoms with E-state index in [1.54, 1.807) is 17.0 Å². The zero-order chi connectivity index (χ0) is 28.1. The van der Waals surface area contributed by atoms with E-state index in [0.29, 0.717) is 30.1 Å². The summed E-state index contributed by atoms with van der Waals surface area (Å²) in [5, 5.41) is 15.3. The Balaban J connectivity index is 1.59. The first-order valence-corrected chi connectivity index (χ1v) is 13.3. The van der Waals surface area contributed by atoms with Gasteiger partial charge < -0.3 is 26.2 Å². The van der Waals surface area contributed by atoms with Gasteiger partial charge in [0.1, 0.15) is 5.75 Å². The first-order chi connectivity index (χ1) is 19.4. The number of ether oxygens (including phenoxy) is 1. The lowest BCUT2D eigenvalue weighted by atomic mass is 9.99. The maximum atomic E-state index is 14.6. The number of aliphatic hydroxyl groups excluding tert-OH is 1. The third-order valence-electron chi connectivity index (χ3n) is 7.21. The quantitative estimate of drug-likeness (QED) is 0.282. The number of benzene rings is 4. The third kappa shape index (κ3) is 6.13. The van der Waals surface area contributed by atoms with Crippen molar-refractivity contribution < 1.29 is 14.6 Å². The number of amides is 2. The Morgan fingerprint density at radius 1 is 0.800 bits per heavy atom. The topological polar surface area (TPSA) is 108 Å². The highest BCUT2D eigenvalue weighted by molar-refractivity contribution is 5.78. The van der Waals surface area contributed by atoms with E-state index in [9.17, 15) is 9.90 Å². The lowest BCUT2D eigenvalue weighted by Gasteiger charge is -2.37. The number of anilines is 3. The first-order valence-electron chi connectivity index (χ1n) is 13.3. The van der Waals surface area contributed by atoms with Crippen LogP contribution in [0.1, 0.15) is 16.7 Å². The highest BCUT2D eigenvalue weighted by atomic mass is 16.5. The van der Waals surface area contributed by atoms with Gasteiger partial charge in [0.25, 0.3) is 0 Å². The Kier molecular flexibility index (Phi) is 8.07. The summed E-state index contributed by atoms with van der Waals surface area (Å²) < 4.78 is 5.35. The van der Waals surface area contributed by atoms with Crippen LogP contribution in [0.4, 0.5) is 21.9 Å². The number of β-amino-alcohol motifs (C(OH)–C–C–N with tert-alkyl or cyclic N) is 1. The molecule has 40 heavy (non-hydrogen) atoms. The van der Waals surface area contributed by atoms with Crippen LogP contribution in [0, 0.1) is 0 Å². The molecule has 4 aromatic carbocycles. The molecule has 8 heteroatoms. The molecule has 0 aromatic heterocycles. The molecule has 2 amide bonds. The average molecular weight is 538 g/mol. The Morgan fingerprint density at radius 3 is 2.00 bits per heavy atom. The summed E-state index contributed by atoms with van der Waals surface area (Å²) in [5.41, 5.74) is 17.0. The maximum absolute atomic E-state index is 14.6. The van der Waals surface area contributed by atoms with Crippen LogP contribution in [-0.2, 0) is 19.5 Å². The smallest absolute Gasteiger partial charge is 0.339 e. The van der Waals surface area contributed by atoms with E-state index < -0.39 is 12.1 Å². The Bertz CT molecular complexity index is 1430. The van der Waals surface area contributed by atoms with Gasteiger partial charge in [0.15, 0.2) is 0 Å². The van der Waals surface area contributed by atoms with Crippen LogP contribution in [0.5, 0.6) is 5.75 Å². The predicted octanol–water partition coefficient (Wildman–Crippen LogP) is 4.69. The van der Waals surface area contributed by atoms with Crippen LogP contribution in [0.15, 0.2) is 103 Å². The largest absolute Gasteiger partial charge is 0.497 e. The lowest BCUT2D eigenvalue weighted by molar-refractivity contribution is 0.0751. The molecule has 0 spiro atoms. The minimum absolute atomic E-state index is 0.214. The molecule has 8 nitrogen and oxygen atoms in total. The number of nitrogens with zero attached hydrogens (tertiary/aromatic N) is 3. The maximum Gasteiger partial charge on any atom is 0.339 e. The van der Waals surface area contributed by atoms with E-state index in [1.807, 2.05) is 108 Å². The molecular weight excluding hydrogens is 502 g/mol. The number of aliphatic hydroxyl groups is 1. The second-order valence-corrected chi connectivity index (χ2v) is 10.1. The van der Waals surface area contributed by atoms with E-state index in [2.05, 4.69) is 0 Å². The molecule has 4 aromatic rings.